The van der Waals surface area contributed by atoms with Crippen LogP contribution in [0.2, 0.25) is 0 Å². The highest BCUT2D eigenvalue weighted by molar-refractivity contribution is 5.41. The third-order valence-corrected chi connectivity index (χ3v) is 3.39. The van der Waals surface area contributed by atoms with Crippen molar-refractivity contribution >= 4 is 5.82 Å². The van der Waals surface area contributed by atoms with Crippen LogP contribution in [0.1, 0.15) is 31.4 Å². The van der Waals surface area contributed by atoms with Crippen LogP contribution in [-0.2, 0) is 13.1 Å². The van der Waals surface area contributed by atoms with Crippen molar-refractivity contribution in [3.63, 3.8) is 0 Å². The largest absolute Gasteiger partial charge is 0.353 e. The third-order valence-electron chi connectivity index (χ3n) is 3.39. The van der Waals surface area contributed by atoms with Gasteiger partial charge in [0.25, 0.3) is 0 Å². The quantitative estimate of drug-likeness (QED) is 0.757. The lowest BCUT2D eigenvalue weighted by atomic mass is 10.2. The average Bonchev–Trinajstić information content (AvgIpc) is 2.54. The van der Waals surface area contributed by atoms with Gasteiger partial charge in [0.1, 0.15) is 5.82 Å². The van der Waals surface area contributed by atoms with Gasteiger partial charge in [-0.15, -0.1) is 0 Å². The highest BCUT2D eigenvalue weighted by Gasteiger charge is 2.07. The van der Waals surface area contributed by atoms with E-state index in [2.05, 4.69) is 58.3 Å². The Balaban J connectivity index is 2.05. The summed E-state index contributed by atoms with van der Waals surface area (Å²) in [5.74, 6) is 1.03. The zero-order valence-electron chi connectivity index (χ0n) is 12.9. The third kappa shape index (κ3) is 4.83. The lowest BCUT2D eigenvalue weighted by Crippen LogP contribution is -2.23. The predicted octanol–water partition coefficient (Wildman–Crippen LogP) is 3.00. The Labute approximate surface area is 127 Å². The number of anilines is 1. The summed E-state index contributed by atoms with van der Waals surface area (Å²) in [6.45, 7) is 8.07. The van der Waals surface area contributed by atoms with E-state index in [9.17, 15) is 0 Å². The van der Waals surface area contributed by atoms with Crippen molar-refractivity contribution in [3.8, 4) is 0 Å². The molecule has 0 unspecified atom stereocenters. The van der Waals surface area contributed by atoms with E-state index in [4.69, 9.17) is 0 Å². The fourth-order valence-corrected chi connectivity index (χ4v) is 2.22. The van der Waals surface area contributed by atoms with Crippen molar-refractivity contribution in [2.75, 3.05) is 18.0 Å². The van der Waals surface area contributed by atoms with Crippen LogP contribution in [0.25, 0.3) is 0 Å². The molecule has 4 nitrogen and oxygen atoms in total. The minimum atomic E-state index is 0.859. The molecule has 2 rings (SSSR count). The van der Waals surface area contributed by atoms with Gasteiger partial charge in [0.15, 0.2) is 0 Å². The molecule has 0 aliphatic heterocycles. The van der Waals surface area contributed by atoms with Crippen LogP contribution in [0, 0.1) is 0 Å². The SMILES string of the molecule is CCCNCc1ccnc(N(CC)Cc2ccncc2)c1. The Kier molecular flexibility index (Phi) is 6.16. The van der Waals surface area contributed by atoms with Gasteiger partial charge >= 0.3 is 0 Å². The highest BCUT2D eigenvalue weighted by Crippen LogP contribution is 2.15. The number of nitrogens with one attached hydrogen (secondary N) is 1. The molecule has 0 aromatic carbocycles. The maximum atomic E-state index is 4.52. The molecule has 0 amide bonds. The smallest absolute Gasteiger partial charge is 0.129 e. The molecule has 4 heteroatoms. The molecule has 0 bridgehead atoms. The summed E-state index contributed by atoms with van der Waals surface area (Å²) in [7, 11) is 0. The molecule has 0 spiro atoms. The molecule has 0 saturated carbocycles. The Morgan fingerprint density at radius 1 is 1.05 bits per heavy atom. The molecule has 2 aromatic rings. The molecular weight excluding hydrogens is 260 g/mol. The highest BCUT2D eigenvalue weighted by atomic mass is 15.2. The number of hydrogen-bond donors (Lipinski definition) is 1. The molecule has 0 atom stereocenters. The van der Waals surface area contributed by atoms with Crippen molar-refractivity contribution in [1.29, 1.82) is 0 Å². The summed E-state index contributed by atoms with van der Waals surface area (Å²) in [4.78, 5) is 10.9. The van der Waals surface area contributed by atoms with Crippen LogP contribution < -0.4 is 10.2 Å². The lowest BCUT2D eigenvalue weighted by Gasteiger charge is -2.22. The predicted molar refractivity (Wildman–Crippen MR) is 87.2 cm³/mol. The van der Waals surface area contributed by atoms with E-state index in [1.165, 1.54) is 11.1 Å². The van der Waals surface area contributed by atoms with Gasteiger partial charge in [-0.25, -0.2) is 4.98 Å². The first kappa shape index (κ1) is 15.4. The fraction of sp³-hybridized carbons (Fsp3) is 0.412. The fourth-order valence-electron chi connectivity index (χ4n) is 2.22. The van der Waals surface area contributed by atoms with Crippen molar-refractivity contribution in [1.82, 2.24) is 15.3 Å². The normalized spacial score (nSPS) is 10.6. The first-order chi connectivity index (χ1) is 10.3. The Hall–Kier alpha value is -1.94. The summed E-state index contributed by atoms with van der Waals surface area (Å²) >= 11 is 0. The number of nitrogens with zero attached hydrogens (tertiary/aromatic N) is 3. The molecule has 112 valence electrons. The van der Waals surface area contributed by atoms with Crippen LogP contribution >= 0.6 is 0 Å². The van der Waals surface area contributed by atoms with Crippen molar-refractivity contribution in [3.05, 3.63) is 54.0 Å². The van der Waals surface area contributed by atoms with E-state index in [1.54, 1.807) is 0 Å². The van der Waals surface area contributed by atoms with Gasteiger partial charge < -0.3 is 10.2 Å². The van der Waals surface area contributed by atoms with Crippen LogP contribution in [0.4, 0.5) is 5.82 Å². The molecule has 0 fully saturated rings. The Bertz CT molecular complexity index is 527. The van der Waals surface area contributed by atoms with E-state index in [-0.39, 0.29) is 0 Å². The molecule has 0 saturated heterocycles. The zero-order chi connectivity index (χ0) is 14.9. The van der Waals surface area contributed by atoms with Gasteiger partial charge in [-0.1, -0.05) is 6.92 Å². The van der Waals surface area contributed by atoms with Gasteiger partial charge in [0, 0.05) is 38.2 Å². The second-order valence-electron chi connectivity index (χ2n) is 5.07. The minimum Gasteiger partial charge on any atom is -0.353 e. The van der Waals surface area contributed by atoms with Crippen molar-refractivity contribution in [2.45, 2.75) is 33.4 Å². The Morgan fingerprint density at radius 2 is 1.81 bits per heavy atom. The Morgan fingerprint density at radius 3 is 2.52 bits per heavy atom. The van der Waals surface area contributed by atoms with Crippen LogP contribution in [-0.4, -0.2) is 23.1 Å². The maximum Gasteiger partial charge on any atom is 0.129 e. The van der Waals surface area contributed by atoms with Crippen LogP contribution in [0.5, 0.6) is 0 Å². The summed E-state index contributed by atoms with van der Waals surface area (Å²) in [6.07, 6.45) is 6.72. The van der Waals surface area contributed by atoms with Gasteiger partial charge in [0.2, 0.25) is 0 Å². The minimum absolute atomic E-state index is 0.859. The van der Waals surface area contributed by atoms with E-state index in [0.717, 1.165) is 38.4 Å². The monoisotopic (exact) mass is 284 g/mol. The first-order valence-corrected chi connectivity index (χ1v) is 7.63. The van der Waals surface area contributed by atoms with Crippen LogP contribution in [0.15, 0.2) is 42.9 Å². The number of rotatable bonds is 8. The number of pyridine rings is 2. The number of aromatic nitrogens is 2. The topological polar surface area (TPSA) is 41.1 Å². The summed E-state index contributed by atoms with van der Waals surface area (Å²) in [5.41, 5.74) is 2.53. The zero-order valence-corrected chi connectivity index (χ0v) is 12.9. The molecule has 2 aromatic heterocycles. The summed E-state index contributed by atoms with van der Waals surface area (Å²) in [5, 5.41) is 3.43. The van der Waals surface area contributed by atoms with Gasteiger partial charge in [-0.3, -0.25) is 4.98 Å². The van der Waals surface area contributed by atoms with Crippen LogP contribution in [0.3, 0.4) is 0 Å². The standard InChI is InChI=1S/C17H24N4/c1-3-8-19-13-16-7-11-20-17(12-16)21(4-2)14-15-5-9-18-10-6-15/h5-7,9-12,19H,3-4,8,13-14H2,1-2H3. The van der Waals surface area contributed by atoms with Crippen molar-refractivity contribution in [2.24, 2.45) is 0 Å². The first-order valence-electron chi connectivity index (χ1n) is 7.63. The van der Waals surface area contributed by atoms with Crippen molar-refractivity contribution < 1.29 is 0 Å². The molecule has 0 radical (unpaired) electrons. The van der Waals surface area contributed by atoms with Gasteiger partial charge in [0.05, 0.1) is 0 Å². The van der Waals surface area contributed by atoms with Gasteiger partial charge in [-0.05, 0) is 55.3 Å². The second-order valence-corrected chi connectivity index (χ2v) is 5.07. The molecule has 0 aliphatic rings. The molecular formula is C17H24N4. The second kappa shape index (κ2) is 8.37. The summed E-state index contributed by atoms with van der Waals surface area (Å²) < 4.78 is 0. The average molecular weight is 284 g/mol. The number of hydrogen-bond acceptors (Lipinski definition) is 4. The molecule has 21 heavy (non-hydrogen) atoms. The van der Waals surface area contributed by atoms with E-state index >= 15 is 0 Å². The van der Waals surface area contributed by atoms with Gasteiger partial charge in [-0.2, -0.15) is 0 Å². The lowest BCUT2D eigenvalue weighted by molar-refractivity contribution is 0.674. The van der Waals surface area contributed by atoms with E-state index in [0.29, 0.717) is 0 Å². The molecule has 0 aliphatic carbocycles. The summed E-state index contributed by atoms with van der Waals surface area (Å²) in [6, 6.07) is 8.35. The van der Waals surface area contributed by atoms with E-state index < -0.39 is 0 Å². The maximum absolute atomic E-state index is 4.52. The molecule has 2 heterocycles. The van der Waals surface area contributed by atoms with E-state index in [1.807, 2.05) is 18.6 Å². The molecule has 1 N–H and O–H groups in total.